The molecule has 1 N–H and O–H groups in total. The fraction of sp³-hybridized carbons (Fsp3) is 0.348. The minimum Gasteiger partial charge on any atom is -0.507 e. The van der Waals surface area contributed by atoms with E-state index >= 15 is 0 Å². The van der Waals surface area contributed by atoms with Crippen LogP contribution in [-0.4, -0.2) is 11.3 Å². The molecule has 1 aliphatic carbocycles. The molecule has 0 bridgehead atoms. The topological polar surface area (TPSA) is 45.7 Å². The van der Waals surface area contributed by atoms with E-state index < -0.39 is 0 Å². The smallest absolute Gasteiger partial charge is 0.135 e. The molecule has 1 aromatic heterocycles. The first kappa shape index (κ1) is 16.9. The first-order valence-corrected chi connectivity index (χ1v) is 9.35. The molecule has 4 rings (SSSR count). The molecule has 0 spiro atoms. The molecule has 0 aliphatic heterocycles. The Labute approximate surface area is 154 Å². The highest BCUT2D eigenvalue weighted by Crippen LogP contribution is 2.42. The third-order valence-corrected chi connectivity index (χ3v) is 5.16. The van der Waals surface area contributed by atoms with Crippen molar-refractivity contribution < 1.29 is 9.52 Å². The average molecular weight is 347 g/mol. The average Bonchev–Trinajstić information content (AvgIpc) is 2.99. The molecular formula is C23H25NO2. The van der Waals surface area contributed by atoms with E-state index in [9.17, 15) is 5.11 Å². The molecule has 3 heteroatoms. The van der Waals surface area contributed by atoms with Gasteiger partial charge in [0, 0.05) is 34.7 Å². The van der Waals surface area contributed by atoms with E-state index in [1.165, 1.54) is 18.4 Å². The maximum Gasteiger partial charge on any atom is 0.135 e. The quantitative estimate of drug-likeness (QED) is 0.572. The van der Waals surface area contributed by atoms with E-state index in [2.05, 4.69) is 25.8 Å². The van der Waals surface area contributed by atoms with Crippen LogP contribution in [-0.2, 0) is 18.3 Å². The van der Waals surface area contributed by atoms with E-state index in [0.29, 0.717) is 5.75 Å². The minimum absolute atomic E-state index is 0.180. The Morgan fingerprint density at radius 2 is 1.81 bits per heavy atom. The van der Waals surface area contributed by atoms with Crippen molar-refractivity contribution in [1.82, 2.24) is 0 Å². The number of aromatic hydroxyl groups is 1. The Bertz CT molecular complexity index is 975. The van der Waals surface area contributed by atoms with Gasteiger partial charge in [0.05, 0.1) is 5.69 Å². The number of nitrogens with zero attached hydrogens (tertiary/aromatic N) is 1. The molecular weight excluding hydrogens is 322 g/mol. The summed E-state index contributed by atoms with van der Waals surface area (Å²) in [5.74, 6) is 1.39. The van der Waals surface area contributed by atoms with Crippen LogP contribution in [0.25, 0.3) is 11.0 Å². The summed E-state index contributed by atoms with van der Waals surface area (Å²) in [6.45, 7) is 6.32. The van der Waals surface area contributed by atoms with Crippen molar-refractivity contribution in [2.75, 3.05) is 0 Å². The van der Waals surface area contributed by atoms with Crippen molar-refractivity contribution in [1.29, 1.82) is 0 Å². The van der Waals surface area contributed by atoms with Crippen LogP contribution in [0.2, 0.25) is 0 Å². The molecule has 0 atom stereocenters. The highest BCUT2D eigenvalue weighted by atomic mass is 16.3. The van der Waals surface area contributed by atoms with Crippen LogP contribution in [0.1, 0.15) is 56.1 Å². The molecule has 26 heavy (non-hydrogen) atoms. The summed E-state index contributed by atoms with van der Waals surface area (Å²) >= 11 is 0. The summed E-state index contributed by atoms with van der Waals surface area (Å²) in [5, 5.41) is 12.1. The molecule has 0 amide bonds. The molecule has 0 unspecified atom stereocenters. The van der Waals surface area contributed by atoms with Gasteiger partial charge < -0.3 is 9.52 Å². The molecule has 0 saturated heterocycles. The van der Waals surface area contributed by atoms with E-state index in [1.54, 1.807) is 6.21 Å². The molecule has 1 aliphatic rings. The number of aryl methyl sites for hydroxylation is 2. The second kappa shape index (κ2) is 6.31. The second-order valence-corrected chi connectivity index (χ2v) is 8.11. The summed E-state index contributed by atoms with van der Waals surface area (Å²) in [4.78, 5) is 4.61. The number of hydrogen-bond donors (Lipinski definition) is 1. The molecule has 134 valence electrons. The van der Waals surface area contributed by atoms with Crippen LogP contribution in [0.15, 0.2) is 45.8 Å². The Hall–Kier alpha value is -2.55. The maximum atomic E-state index is 11.1. The normalized spacial score (nSPS) is 14.9. The summed E-state index contributed by atoms with van der Waals surface area (Å²) < 4.78 is 6.20. The third kappa shape index (κ3) is 2.92. The SMILES string of the molecule is CC(C)(C)c1cc2oc3c(c2c(C=Nc2ccccc2)c1O)CCCC3. The Balaban J connectivity index is 1.97. The zero-order chi connectivity index (χ0) is 18.3. The van der Waals surface area contributed by atoms with Gasteiger partial charge in [-0.2, -0.15) is 0 Å². The molecule has 1 heterocycles. The molecule has 0 fully saturated rings. The van der Waals surface area contributed by atoms with Gasteiger partial charge in [-0.1, -0.05) is 39.0 Å². The predicted molar refractivity (Wildman–Crippen MR) is 107 cm³/mol. The van der Waals surface area contributed by atoms with Crippen LogP contribution >= 0.6 is 0 Å². The van der Waals surface area contributed by atoms with E-state index in [4.69, 9.17) is 4.42 Å². The molecule has 3 aromatic rings. The summed E-state index contributed by atoms with van der Waals surface area (Å²) in [6.07, 6.45) is 6.11. The minimum atomic E-state index is -0.180. The van der Waals surface area contributed by atoms with Crippen LogP contribution in [0, 0.1) is 0 Å². The van der Waals surface area contributed by atoms with E-state index in [1.807, 2.05) is 36.4 Å². The van der Waals surface area contributed by atoms with Crippen LogP contribution in [0.3, 0.4) is 0 Å². The third-order valence-electron chi connectivity index (χ3n) is 5.16. The van der Waals surface area contributed by atoms with Gasteiger partial charge in [0.1, 0.15) is 17.1 Å². The van der Waals surface area contributed by atoms with Gasteiger partial charge in [-0.25, -0.2) is 0 Å². The molecule has 0 radical (unpaired) electrons. The largest absolute Gasteiger partial charge is 0.507 e. The van der Waals surface area contributed by atoms with Crippen molar-refractivity contribution in [3.8, 4) is 5.75 Å². The van der Waals surface area contributed by atoms with Crippen LogP contribution in [0.5, 0.6) is 5.75 Å². The predicted octanol–water partition coefficient (Wildman–Crippen LogP) is 6.07. The van der Waals surface area contributed by atoms with Gasteiger partial charge in [0.25, 0.3) is 0 Å². The number of benzene rings is 2. The van der Waals surface area contributed by atoms with Crippen LogP contribution < -0.4 is 0 Å². The first-order chi connectivity index (χ1) is 12.4. The van der Waals surface area contributed by atoms with E-state index in [-0.39, 0.29) is 5.41 Å². The lowest BCUT2D eigenvalue weighted by Crippen LogP contribution is -2.12. The number of rotatable bonds is 2. The van der Waals surface area contributed by atoms with Gasteiger partial charge in [0.15, 0.2) is 0 Å². The summed E-state index contributed by atoms with van der Waals surface area (Å²) in [6, 6.07) is 11.8. The van der Waals surface area contributed by atoms with Crippen molar-refractivity contribution in [2.24, 2.45) is 4.99 Å². The number of hydrogen-bond acceptors (Lipinski definition) is 3. The lowest BCUT2D eigenvalue weighted by atomic mass is 9.83. The number of fused-ring (bicyclic) bond motifs is 3. The number of para-hydroxylation sites is 1. The molecule has 0 saturated carbocycles. The van der Waals surface area contributed by atoms with Gasteiger partial charge in [-0.3, -0.25) is 4.99 Å². The number of aliphatic imine (C=N–C) groups is 1. The van der Waals surface area contributed by atoms with E-state index in [0.717, 1.165) is 46.4 Å². The van der Waals surface area contributed by atoms with Gasteiger partial charge in [-0.05, 0) is 42.9 Å². The lowest BCUT2D eigenvalue weighted by Gasteiger charge is -2.21. The highest BCUT2D eigenvalue weighted by molar-refractivity contribution is 6.04. The van der Waals surface area contributed by atoms with Gasteiger partial charge in [-0.15, -0.1) is 0 Å². The Morgan fingerprint density at radius 1 is 1.08 bits per heavy atom. The fourth-order valence-corrected chi connectivity index (χ4v) is 3.80. The molecule has 2 aromatic carbocycles. The van der Waals surface area contributed by atoms with Gasteiger partial charge in [0.2, 0.25) is 0 Å². The second-order valence-electron chi connectivity index (χ2n) is 8.11. The Morgan fingerprint density at radius 3 is 2.54 bits per heavy atom. The van der Waals surface area contributed by atoms with Gasteiger partial charge >= 0.3 is 0 Å². The zero-order valence-electron chi connectivity index (χ0n) is 15.7. The van der Waals surface area contributed by atoms with Crippen molar-refractivity contribution in [3.63, 3.8) is 0 Å². The Kier molecular flexibility index (Phi) is 4.10. The highest BCUT2D eigenvalue weighted by Gasteiger charge is 2.27. The number of furan rings is 1. The summed E-state index contributed by atoms with van der Waals surface area (Å²) in [5.41, 5.74) is 4.49. The van der Waals surface area contributed by atoms with Crippen molar-refractivity contribution in [3.05, 3.63) is 58.8 Å². The van der Waals surface area contributed by atoms with Crippen LogP contribution in [0.4, 0.5) is 5.69 Å². The zero-order valence-corrected chi connectivity index (χ0v) is 15.7. The van der Waals surface area contributed by atoms with Crippen molar-refractivity contribution >= 4 is 22.9 Å². The van der Waals surface area contributed by atoms with Crippen molar-refractivity contribution in [2.45, 2.75) is 51.9 Å². The summed E-state index contributed by atoms with van der Waals surface area (Å²) in [7, 11) is 0. The molecule has 3 nitrogen and oxygen atoms in total. The first-order valence-electron chi connectivity index (χ1n) is 9.35. The standard InChI is InChI=1S/C23H25NO2/c1-23(2,3)18-13-20-21(16-11-7-8-12-19(16)26-20)17(22(18)25)14-24-15-9-5-4-6-10-15/h4-6,9-10,13-14,25H,7-8,11-12H2,1-3H3. The lowest BCUT2D eigenvalue weighted by molar-refractivity contribution is 0.446. The number of phenolic OH excluding ortho intramolecular Hbond substituents is 1. The number of phenols is 1. The maximum absolute atomic E-state index is 11.1. The fourth-order valence-electron chi connectivity index (χ4n) is 3.80. The monoisotopic (exact) mass is 347 g/mol.